The fraction of sp³-hybridized carbons (Fsp3) is 0.909. The zero-order valence-corrected chi connectivity index (χ0v) is 8.66. The van der Waals surface area contributed by atoms with Crippen LogP contribution in [0.3, 0.4) is 0 Å². The highest BCUT2D eigenvalue weighted by Gasteiger charge is 2.48. The van der Waals surface area contributed by atoms with Gasteiger partial charge in [0.15, 0.2) is 0 Å². The van der Waals surface area contributed by atoms with E-state index in [9.17, 15) is 4.79 Å². The third-order valence-electron chi connectivity index (χ3n) is 3.98. The third-order valence-corrected chi connectivity index (χ3v) is 3.98. The van der Waals surface area contributed by atoms with Crippen LogP contribution in [0, 0.1) is 11.8 Å². The number of carbonyl (C=O) groups is 1. The summed E-state index contributed by atoms with van der Waals surface area (Å²) in [5.41, 5.74) is -0.135. The van der Waals surface area contributed by atoms with Crippen molar-refractivity contribution in [1.29, 1.82) is 0 Å². The SMILES string of the molecule is CC1(OC(=O)N2CC3CC3C2)CCC1. The van der Waals surface area contributed by atoms with Crippen molar-refractivity contribution < 1.29 is 9.53 Å². The highest BCUT2D eigenvalue weighted by Crippen LogP contribution is 2.45. The molecule has 1 saturated heterocycles. The highest BCUT2D eigenvalue weighted by atomic mass is 16.6. The molecule has 0 radical (unpaired) electrons. The van der Waals surface area contributed by atoms with Gasteiger partial charge in [-0.1, -0.05) is 0 Å². The van der Waals surface area contributed by atoms with E-state index in [1.54, 1.807) is 0 Å². The normalized spacial score (nSPS) is 37.4. The maximum atomic E-state index is 11.7. The molecule has 78 valence electrons. The fourth-order valence-electron chi connectivity index (χ4n) is 2.60. The number of hydrogen-bond acceptors (Lipinski definition) is 2. The Hall–Kier alpha value is -0.730. The molecule has 1 heterocycles. The van der Waals surface area contributed by atoms with Gasteiger partial charge >= 0.3 is 6.09 Å². The molecule has 2 aliphatic carbocycles. The molecule has 0 N–H and O–H groups in total. The van der Waals surface area contributed by atoms with Gasteiger partial charge in [-0.15, -0.1) is 0 Å². The van der Waals surface area contributed by atoms with Gasteiger partial charge in [0.1, 0.15) is 5.60 Å². The van der Waals surface area contributed by atoms with Gasteiger partial charge in [0.25, 0.3) is 0 Å². The second kappa shape index (κ2) is 2.65. The zero-order chi connectivity index (χ0) is 9.76. The minimum absolute atomic E-state index is 0.0700. The predicted octanol–water partition coefficient (Wildman–Crippen LogP) is 2.02. The minimum Gasteiger partial charge on any atom is -0.443 e. The molecule has 0 aromatic carbocycles. The zero-order valence-electron chi connectivity index (χ0n) is 8.66. The lowest BCUT2D eigenvalue weighted by Crippen LogP contribution is -2.43. The van der Waals surface area contributed by atoms with Crippen molar-refractivity contribution in [2.45, 2.75) is 38.2 Å². The summed E-state index contributed by atoms with van der Waals surface area (Å²) in [6.45, 7) is 3.93. The van der Waals surface area contributed by atoms with Gasteiger partial charge in [-0.05, 0) is 44.4 Å². The second-order valence-corrected chi connectivity index (χ2v) is 5.33. The lowest BCUT2D eigenvalue weighted by Gasteiger charge is -2.38. The van der Waals surface area contributed by atoms with Crippen LogP contribution in [0.4, 0.5) is 4.79 Å². The van der Waals surface area contributed by atoms with Crippen molar-refractivity contribution in [1.82, 2.24) is 4.90 Å². The van der Waals surface area contributed by atoms with Crippen LogP contribution in [-0.4, -0.2) is 29.7 Å². The molecule has 2 unspecified atom stereocenters. The first-order chi connectivity index (χ1) is 6.66. The highest BCUT2D eigenvalue weighted by molar-refractivity contribution is 5.69. The van der Waals surface area contributed by atoms with Crippen LogP contribution in [-0.2, 0) is 4.74 Å². The molecule has 1 amide bonds. The van der Waals surface area contributed by atoms with Crippen LogP contribution in [0.5, 0.6) is 0 Å². The summed E-state index contributed by atoms with van der Waals surface area (Å²) < 4.78 is 5.51. The molecular formula is C11H17NO2. The molecule has 0 bridgehead atoms. The van der Waals surface area contributed by atoms with Crippen molar-refractivity contribution in [2.75, 3.05) is 13.1 Å². The molecule has 0 spiro atoms. The van der Waals surface area contributed by atoms with E-state index in [1.807, 2.05) is 11.8 Å². The van der Waals surface area contributed by atoms with E-state index >= 15 is 0 Å². The monoisotopic (exact) mass is 195 g/mol. The number of carbonyl (C=O) groups excluding carboxylic acids is 1. The van der Waals surface area contributed by atoms with Gasteiger partial charge in [0.05, 0.1) is 0 Å². The topological polar surface area (TPSA) is 29.5 Å². The Morgan fingerprint density at radius 2 is 2.00 bits per heavy atom. The Balaban J connectivity index is 1.55. The van der Waals surface area contributed by atoms with Crippen LogP contribution >= 0.6 is 0 Å². The van der Waals surface area contributed by atoms with Crippen molar-refractivity contribution in [3.63, 3.8) is 0 Å². The molecule has 14 heavy (non-hydrogen) atoms. The van der Waals surface area contributed by atoms with Crippen molar-refractivity contribution >= 4 is 6.09 Å². The van der Waals surface area contributed by atoms with Crippen LogP contribution in [0.1, 0.15) is 32.6 Å². The molecule has 0 aromatic rings. The maximum absolute atomic E-state index is 11.7. The summed E-state index contributed by atoms with van der Waals surface area (Å²) in [6, 6.07) is 0. The fourth-order valence-corrected chi connectivity index (χ4v) is 2.60. The number of piperidine rings is 1. The Kier molecular flexibility index (Phi) is 1.62. The summed E-state index contributed by atoms with van der Waals surface area (Å²) in [6.07, 6.45) is 4.55. The van der Waals surface area contributed by atoms with Gasteiger partial charge in [0, 0.05) is 13.1 Å². The Morgan fingerprint density at radius 1 is 1.36 bits per heavy atom. The van der Waals surface area contributed by atoms with Crippen molar-refractivity contribution in [3.8, 4) is 0 Å². The molecular weight excluding hydrogens is 178 g/mol. The van der Waals surface area contributed by atoms with Crippen molar-refractivity contribution in [3.05, 3.63) is 0 Å². The van der Waals surface area contributed by atoms with E-state index in [0.717, 1.165) is 37.8 Å². The summed E-state index contributed by atoms with van der Waals surface area (Å²) in [4.78, 5) is 13.6. The van der Waals surface area contributed by atoms with E-state index in [1.165, 1.54) is 12.8 Å². The first-order valence-corrected chi connectivity index (χ1v) is 5.64. The predicted molar refractivity (Wildman–Crippen MR) is 51.9 cm³/mol. The van der Waals surface area contributed by atoms with E-state index in [-0.39, 0.29) is 11.7 Å². The molecule has 0 aromatic heterocycles. The lowest BCUT2D eigenvalue weighted by atomic mass is 9.82. The third kappa shape index (κ3) is 1.30. The molecule has 3 nitrogen and oxygen atoms in total. The molecule has 3 heteroatoms. The number of hydrogen-bond donors (Lipinski definition) is 0. The van der Waals surface area contributed by atoms with Gasteiger partial charge in [-0.3, -0.25) is 0 Å². The van der Waals surface area contributed by atoms with Crippen LogP contribution in [0.25, 0.3) is 0 Å². The van der Waals surface area contributed by atoms with Gasteiger partial charge < -0.3 is 9.64 Å². The van der Waals surface area contributed by atoms with Crippen LogP contribution in [0.15, 0.2) is 0 Å². The summed E-state index contributed by atoms with van der Waals surface area (Å²) in [5.74, 6) is 1.61. The number of likely N-dealkylation sites (tertiary alicyclic amines) is 1. The molecule has 3 fully saturated rings. The quantitative estimate of drug-likeness (QED) is 0.640. The van der Waals surface area contributed by atoms with E-state index in [2.05, 4.69) is 0 Å². The average Bonchev–Trinajstić information content (AvgIpc) is 2.71. The summed E-state index contributed by atoms with van der Waals surface area (Å²) in [5, 5.41) is 0. The molecule has 3 aliphatic rings. The van der Waals surface area contributed by atoms with E-state index in [0.29, 0.717) is 0 Å². The number of amides is 1. The first-order valence-electron chi connectivity index (χ1n) is 5.64. The number of rotatable bonds is 1. The molecule has 3 rings (SSSR count). The second-order valence-electron chi connectivity index (χ2n) is 5.33. The number of ether oxygens (including phenoxy) is 1. The Morgan fingerprint density at radius 3 is 2.50 bits per heavy atom. The summed E-state index contributed by atoms with van der Waals surface area (Å²) in [7, 11) is 0. The van der Waals surface area contributed by atoms with E-state index in [4.69, 9.17) is 4.74 Å². The largest absolute Gasteiger partial charge is 0.443 e. The lowest BCUT2D eigenvalue weighted by molar-refractivity contribution is -0.0464. The average molecular weight is 195 g/mol. The van der Waals surface area contributed by atoms with Crippen LogP contribution < -0.4 is 0 Å². The smallest absolute Gasteiger partial charge is 0.410 e. The van der Waals surface area contributed by atoms with Gasteiger partial charge in [-0.25, -0.2) is 4.79 Å². The van der Waals surface area contributed by atoms with E-state index < -0.39 is 0 Å². The van der Waals surface area contributed by atoms with Crippen LogP contribution in [0.2, 0.25) is 0 Å². The number of nitrogens with zero attached hydrogens (tertiary/aromatic N) is 1. The maximum Gasteiger partial charge on any atom is 0.410 e. The molecule has 2 saturated carbocycles. The standard InChI is InChI=1S/C11H17NO2/c1-11(3-2-4-11)14-10(13)12-6-8-5-9(8)7-12/h8-9H,2-7H2,1H3. The first kappa shape index (κ1) is 8.57. The van der Waals surface area contributed by atoms with Crippen molar-refractivity contribution in [2.24, 2.45) is 11.8 Å². The Labute approximate surface area is 84.4 Å². The molecule has 1 aliphatic heterocycles. The Bertz CT molecular complexity index is 262. The molecule has 2 atom stereocenters. The van der Waals surface area contributed by atoms with Gasteiger partial charge in [0.2, 0.25) is 0 Å². The summed E-state index contributed by atoms with van der Waals surface area (Å²) >= 11 is 0. The minimum atomic E-state index is -0.135. The van der Waals surface area contributed by atoms with Gasteiger partial charge in [-0.2, -0.15) is 0 Å². The number of fused-ring (bicyclic) bond motifs is 1.